The highest BCUT2D eigenvalue weighted by Crippen LogP contribution is 2.11. The second-order valence-corrected chi connectivity index (χ2v) is 3.20. The van der Waals surface area contributed by atoms with Gasteiger partial charge in [0.05, 0.1) is 0 Å². The Kier molecular flexibility index (Phi) is 3.12. The molecule has 2 nitrogen and oxygen atoms in total. The number of ether oxygens (including phenoxy) is 1. The summed E-state index contributed by atoms with van der Waals surface area (Å²) in [5.41, 5.74) is 0. The molecule has 0 amide bonds. The maximum absolute atomic E-state index is 5.64. The molecule has 0 saturated carbocycles. The van der Waals surface area contributed by atoms with Crippen LogP contribution in [0.1, 0.15) is 0 Å². The Labute approximate surface area is 64.7 Å². The van der Waals surface area contributed by atoms with Crippen LogP contribution in [0.3, 0.4) is 0 Å². The molecular formula is C4H9BCl2O2. The van der Waals surface area contributed by atoms with E-state index in [1.807, 2.05) is 0 Å². The van der Waals surface area contributed by atoms with Gasteiger partial charge in [-0.1, -0.05) is 0 Å². The monoisotopic (exact) mass is 170 g/mol. The lowest BCUT2D eigenvalue weighted by molar-refractivity contribution is -0.0987. The van der Waals surface area contributed by atoms with Crippen molar-refractivity contribution in [1.29, 1.82) is 0 Å². The van der Waals surface area contributed by atoms with Gasteiger partial charge in [-0.2, -0.15) is 0 Å². The Morgan fingerprint density at radius 3 is 2.11 bits per heavy atom. The van der Waals surface area contributed by atoms with Crippen LogP contribution in [0, 0.1) is 0 Å². The van der Waals surface area contributed by atoms with Crippen molar-refractivity contribution >= 4 is 28.7 Å². The topological polar surface area (TPSA) is 11.9 Å². The summed E-state index contributed by atoms with van der Waals surface area (Å²) in [4.78, 5) is 0. The number of halogens is 2. The molecule has 0 bridgehead atoms. The van der Waals surface area contributed by atoms with Crippen LogP contribution < -0.4 is 0 Å². The number of rotatable bonds is 1. The Balaban J connectivity index is 2.23. The van der Waals surface area contributed by atoms with Crippen molar-refractivity contribution in [2.45, 2.75) is 0 Å². The van der Waals surface area contributed by atoms with Crippen molar-refractivity contribution in [2.75, 3.05) is 26.4 Å². The second-order valence-electron chi connectivity index (χ2n) is 1.95. The Morgan fingerprint density at radius 2 is 1.78 bits per heavy atom. The van der Waals surface area contributed by atoms with Gasteiger partial charge in [0.1, 0.15) is 26.4 Å². The molecule has 54 valence electrons. The Morgan fingerprint density at radius 1 is 1.22 bits per heavy atom. The van der Waals surface area contributed by atoms with Crippen molar-refractivity contribution in [1.82, 2.24) is 0 Å². The van der Waals surface area contributed by atoms with Gasteiger partial charge in [0.2, 0.25) is 0 Å². The number of hydrogen-bond donors (Lipinski definition) is 0. The molecule has 0 aromatic heterocycles. The zero-order valence-corrected chi connectivity index (χ0v) is 6.62. The molecule has 9 heavy (non-hydrogen) atoms. The largest absolute Gasteiger partial charge is 0.645 e. The molecule has 1 rings (SSSR count). The molecule has 0 aliphatic carbocycles. The van der Waals surface area contributed by atoms with Crippen molar-refractivity contribution in [3.05, 3.63) is 0 Å². The molecule has 1 heterocycles. The smallest absolute Gasteiger partial charge is 0.453 e. The third kappa shape index (κ3) is 2.34. The van der Waals surface area contributed by atoms with Crippen LogP contribution in [0.25, 0.3) is 0 Å². The van der Waals surface area contributed by atoms with E-state index in [4.69, 9.17) is 27.7 Å². The highest BCUT2D eigenvalue weighted by Gasteiger charge is 2.15. The zero-order chi connectivity index (χ0) is 6.69. The summed E-state index contributed by atoms with van der Waals surface area (Å²) in [5, 5.41) is 0. The van der Waals surface area contributed by atoms with E-state index < -0.39 is 5.75 Å². The molecule has 5 heteroatoms. The van der Waals surface area contributed by atoms with E-state index in [9.17, 15) is 0 Å². The lowest BCUT2D eigenvalue weighted by Crippen LogP contribution is -2.34. The van der Waals surface area contributed by atoms with Gasteiger partial charge in [-0.05, 0) is 0 Å². The molecule has 0 atom stereocenters. The van der Waals surface area contributed by atoms with Crippen molar-refractivity contribution < 1.29 is 9.02 Å². The number of hydrogen-bond acceptors (Lipinski definition) is 1. The van der Waals surface area contributed by atoms with Crippen LogP contribution >= 0.6 is 22.9 Å². The summed E-state index contributed by atoms with van der Waals surface area (Å²) < 4.78 is 7.88. The summed E-state index contributed by atoms with van der Waals surface area (Å²) in [5.74, 6) is -1.16. The molecule has 0 aromatic rings. The SMILES string of the molecule is Cl[BH-](Cl)[O+]1CCOCC1. The Hall–Kier alpha value is 0.565. The Bertz CT molecular complexity index is 84.6. The van der Waals surface area contributed by atoms with E-state index in [0.29, 0.717) is 0 Å². The van der Waals surface area contributed by atoms with Crippen molar-refractivity contribution in [3.8, 4) is 0 Å². The summed E-state index contributed by atoms with van der Waals surface area (Å²) >= 11 is 11.3. The molecule has 0 radical (unpaired) electrons. The van der Waals surface area contributed by atoms with Crippen LogP contribution in [0.4, 0.5) is 0 Å². The van der Waals surface area contributed by atoms with Crippen molar-refractivity contribution in [2.24, 2.45) is 0 Å². The minimum atomic E-state index is -1.16. The normalized spacial score (nSPS) is 23.0. The van der Waals surface area contributed by atoms with E-state index in [-0.39, 0.29) is 0 Å². The molecule has 1 aliphatic rings. The highest BCUT2D eigenvalue weighted by atomic mass is 35.5. The fourth-order valence-electron chi connectivity index (χ4n) is 0.776. The first-order valence-electron chi connectivity index (χ1n) is 2.98. The van der Waals surface area contributed by atoms with Crippen molar-refractivity contribution in [3.63, 3.8) is 0 Å². The minimum absolute atomic E-state index is 0.730. The quantitative estimate of drug-likeness (QED) is 0.418. The third-order valence-corrected chi connectivity index (χ3v) is 1.96. The van der Waals surface area contributed by atoms with Gasteiger partial charge in [0.25, 0.3) is 0 Å². The van der Waals surface area contributed by atoms with E-state index in [1.165, 1.54) is 0 Å². The fourth-order valence-corrected chi connectivity index (χ4v) is 1.21. The standard InChI is InChI=1S/C4H9BCl2O2/c6-5(7)9-3-1-8-2-4-9/h5H,1-4H2. The predicted octanol–water partition coefficient (Wildman–Crippen LogP) is 0.764. The minimum Gasteiger partial charge on any atom is -0.645 e. The molecule has 0 spiro atoms. The van der Waals surface area contributed by atoms with E-state index in [0.717, 1.165) is 26.4 Å². The van der Waals surface area contributed by atoms with E-state index in [1.54, 1.807) is 0 Å². The van der Waals surface area contributed by atoms with Crippen LogP contribution in [-0.4, -0.2) is 32.2 Å². The van der Waals surface area contributed by atoms with Crippen LogP contribution in [-0.2, 0) is 9.02 Å². The molecule has 0 unspecified atom stereocenters. The average Bonchev–Trinajstić information content (AvgIpc) is 1.90. The van der Waals surface area contributed by atoms with Gasteiger partial charge in [0.15, 0.2) is 0 Å². The summed E-state index contributed by atoms with van der Waals surface area (Å²) in [7, 11) is 0. The second kappa shape index (κ2) is 3.66. The summed E-state index contributed by atoms with van der Waals surface area (Å²) in [6.45, 7) is 3.06. The average molecular weight is 171 g/mol. The van der Waals surface area contributed by atoms with Crippen LogP contribution in [0.5, 0.6) is 0 Å². The molecule has 0 aromatic carbocycles. The maximum atomic E-state index is 5.64. The highest BCUT2D eigenvalue weighted by molar-refractivity contribution is 7.31. The molecule has 1 saturated heterocycles. The predicted molar refractivity (Wildman–Crippen MR) is 40.5 cm³/mol. The van der Waals surface area contributed by atoms with Gasteiger partial charge >= 0.3 is 5.75 Å². The lowest BCUT2D eigenvalue weighted by Gasteiger charge is -2.33. The lowest BCUT2D eigenvalue weighted by atomic mass is 10.4. The van der Waals surface area contributed by atoms with Gasteiger partial charge in [-0.25, -0.2) is 0 Å². The maximum Gasteiger partial charge on any atom is 0.453 e. The molecule has 1 aliphatic heterocycles. The van der Waals surface area contributed by atoms with Gasteiger partial charge < -0.3 is 9.02 Å². The van der Waals surface area contributed by atoms with E-state index >= 15 is 0 Å². The summed E-state index contributed by atoms with van der Waals surface area (Å²) in [6, 6.07) is 0. The first-order chi connectivity index (χ1) is 4.30. The molecule has 0 N–H and O–H groups in total. The first-order valence-corrected chi connectivity index (χ1v) is 4.05. The first kappa shape index (κ1) is 7.67. The van der Waals surface area contributed by atoms with Gasteiger partial charge in [-0.15, -0.1) is 0 Å². The fraction of sp³-hybridized carbons (Fsp3) is 1.00. The zero-order valence-electron chi connectivity index (χ0n) is 5.11. The summed E-state index contributed by atoms with van der Waals surface area (Å²) in [6.07, 6.45) is 0. The molecule has 1 fully saturated rings. The van der Waals surface area contributed by atoms with E-state index in [2.05, 4.69) is 4.28 Å². The van der Waals surface area contributed by atoms with Gasteiger partial charge in [-0.3, -0.25) is 22.9 Å². The van der Waals surface area contributed by atoms with Crippen LogP contribution in [0.15, 0.2) is 0 Å². The molecular weight excluding hydrogens is 162 g/mol. The third-order valence-electron chi connectivity index (χ3n) is 1.34. The van der Waals surface area contributed by atoms with Crippen LogP contribution in [0.2, 0.25) is 0 Å². The van der Waals surface area contributed by atoms with Gasteiger partial charge in [0, 0.05) is 0 Å².